The van der Waals surface area contributed by atoms with Crippen molar-refractivity contribution < 1.29 is 22.7 Å². The SMILES string of the molecule is CC(C)(C)OC(=O)CCS(=O)(=O)c1ccc2cc(C(N)=O)ccc2c1. The molecular weight excluding hydrogens is 342 g/mol. The number of rotatable bonds is 5. The minimum Gasteiger partial charge on any atom is -0.460 e. The molecule has 1 amide bonds. The van der Waals surface area contributed by atoms with Gasteiger partial charge in [-0.05, 0) is 55.8 Å². The van der Waals surface area contributed by atoms with Gasteiger partial charge in [0, 0.05) is 5.56 Å². The van der Waals surface area contributed by atoms with Crippen LogP contribution in [-0.4, -0.2) is 31.6 Å². The van der Waals surface area contributed by atoms with Crippen molar-refractivity contribution in [2.75, 3.05) is 5.75 Å². The van der Waals surface area contributed by atoms with Crippen LogP contribution in [0.25, 0.3) is 10.8 Å². The van der Waals surface area contributed by atoms with Gasteiger partial charge in [0.15, 0.2) is 9.84 Å². The Morgan fingerprint density at radius 1 is 1.04 bits per heavy atom. The van der Waals surface area contributed by atoms with Crippen LogP contribution in [0.2, 0.25) is 0 Å². The van der Waals surface area contributed by atoms with Gasteiger partial charge in [0.2, 0.25) is 5.91 Å². The molecule has 7 heteroatoms. The lowest BCUT2D eigenvalue weighted by Gasteiger charge is -2.19. The highest BCUT2D eigenvalue weighted by Crippen LogP contribution is 2.22. The molecule has 0 atom stereocenters. The highest BCUT2D eigenvalue weighted by Gasteiger charge is 2.21. The zero-order valence-corrected chi connectivity index (χ0v) is 15.2. The lowest BCUT2D eigenvalue weighted by molar-refractivity contribution is -0.154. The number of sulfone groups is 1. The third kappa shape index (κ3) is 5.03. The molecule has 0 saturated carbocycles. The highest BCUT2D eigenvalue weighted by molar-refractivity contribution is 7.91. The molecule has 134 valence electrons. The Kier molecular flexibility index (Phi) is 5.17. The van der Waals surface area contributed by atoms with Crippen LogP contribution < -0.4 is 5.73 Å². The summed E-state index contributed by atoms with van der Waals surface area (Å²) < 4.78 is 30.0. The minimum absolute atomic E-state index is 0.121. The zero-order valence-electron chi connectivity index (χ0n) is 14.4. The van der Waals surface area contributed by atoms with Crippen molar-refractivity contribution >= 4 is 32.5 Å². The topological polar surface area (TPSA) is 104 Å². The number of nitrogens with two attached hydrogens (primary N) is 1. The van der Waals surface area contributed by atoms with Crippen LogP contribution in [0.15, 0.2) is 41.3 Å². The van der Waals surface area contributed by atoms with E-state index in [0.717, 1.165) is 0 Å². The molecule has 0 radical (unpaired) electrons. The van der Waals surface area contributed by atoms with Crippen LogP contribution in [0, 0.1) is 0 Å². The fourth-order valence-electron chi connectivity index (χ4n) is 2.30. The van der Waals surface area contributed by atoms with E-state index in [4.69, 9.17) is 10.5 Å². The fraction of sp³-hybridized carbons (Fsp3) is 0.333. The van der Waals surface area contributed by atoms with Crippen LogP contribution in [0.1, 0.15) is 37.6 Å². The molecule has 0 spiro atoms. The molecule has 6 nitrogen and oxygen atoms in total. The molecule has 25 heavy (non-hydrogen) atoms. The zero-order chi connectivity index (χ0) is 18.8. The maximum absolute atomic E-state index is 12.4. The normalized spacial score (nSPS) is 12.1. The Morgan fingerprint density at radius 3 is 2.24 bits per heavy atom. The smallest absolute Gasteiger partial charge is 0.307 e. The first-order valence-electron chi connectivity index (χ1n) is 7.76. The van der Waals surface area contributed by atoms with Crippen molar-refractivity contribution in [1.29, 1.82) is 0 Å². The number of amides is 1. The second-order valence-electron chi connectivity index (χ2n) is 6.74. The minimum atomic E-state index is -3.62. The van der Waals surface area contributed by atoms with Crippen LogP contribution in [-0.2, 0) is 19.4 Å². The predicted octanol–water partition coefficient (Wildman–Crippen LogP) is 2.44. The average molecular weight is 363 g/mol. The molecule has 2 aromatic carbocycles. The van der Waals surface area contributed by atoms with Gasteiger partial charge in [0.1, 0.15) is 5.60 Å². The number of benzene rings is 2. The van der Waals surface area contributed by atoms with Gasteiger partial charge in [0.25, 0.3) is 0 Å². The number of ether oxygens (including phenoxy) is 1. The second kappa shape index (κ2) is 6.84. The average Bonchev–Trinajstić information content (AvgIpc) is 2.50. The molecule has 0 unspecified atom stereocenters. The highest BCUT2D eigenvalue weighted by atomic mass is 32.2. The van der Waals surface area contributed by atoms with E-state index < -0.39 is 27.3 Å². The second-order valence-corrected chi connectivity index (χ2v) is 8.85. The monoisotopic (exact) mass is 363 g/mol. The summed E-state index contributed by atoms with van der Waals surface area (Å²) in [5.74, 6) is -1.42. The van der Waals surface area contributed by atoms with E-state index in [-0.39, 0.29) is 17.1 Å². The molecular formula is C18H21NO5S. The maximum atomic E-state index is 12.4. The molecule has 2 rings (SSSR count). The molecule has 0 aliphatic carbocycles. The summed E-state index contributed by atoms with van der Waals surface area (Å²) in [6, 6.07) is 9.38. The first kappa shape index (κ1) is 18.9. The first-order chi connectivity index (χ1) is 11.5. The number of carbonyl (C=O) groups excluding carboxylic acids is 2. The van der Waals surface area contributed by atoms with Crippen LogP contribution >= 0.6 is 0 Å². The van der Waals surface area contributed by atoms with Crippen molar-refractivity contribution in [3.8, 4) is 0 Å². The maximum Gasteiger partial charge on any atom is 0.307 e. The Morgan fingerprint density at radius 2 is 1.64 bits per heavy atom. The van der Waals surface area contributed by atoms with Gasteiger partial charge in [-0.15, -0.1) is 0 Å². The summed E-state index contributed by atoms with van der Waals surface area (Å²) in [5, 5.41) is 1.38. The molecule has 0 bridgehead atoms. The molecule has 0 heterocycles. The van der Waals surface area contributed by atoms with Gasteiger partial charge in [-0.3, -0.25) is 9.59 Å². The number of fused-ring (bicyclic) bond motifs is 1. The van der Waals surface area contributed by atoms with Crippen molar-refractivity contribution in [2.45, 2.75) is 37.7 Å². The van der Waals surface area contributed by atoms with Crippen molar-refractivity contribution in [2.24, 2.45) is 5.73 Å². The molecule has 0 aromatic heterocycles. The third-order valence-corrected chi connectivity index (χ3v) is 5.16. The number of carbonyl (C=O) groups is 2. The fourth-order valence-corrected chi connectivity index (χ4v) is 3.55. The number of hydrogen-bond acceptors (Lipinski definition) is 5. The number of primary amides is 1. The van der Waals surface area contributed by atoms with Gasteiger partial charge >= 0.3 is 5.97 Å². The van der Waals surface area contributed by atoms with E-state index >= 15 is 0 Å². The Labute approximate surface area is 146 Å². The van der Waals surface area contributed by atoms with Crippen LogP contribution in [0.4, 0.5) is 0 Å². The van der Waals surface area contributed by atoms with E-state index in [1.807, 2.05) is 0 Å². The van der Waals surface area contributed by atoms with E-state index in [2.05, 4.69) is 0 Å². The summed E-state index contributed by atoms with van der Waals surface area (Å²) in [6.07, 6.45) is -0.210. The van der Waals surface area contributed by atoms with E-state index in [0.29, 0.717) is 16.3 Å². The quantitative estimate of drug-likeness (QED) is 0.822. The van der Waals surface area contributed by atoms with Gasteiger partial charge in [-0.1, -0.05) is 12.1 Å². The molecule has 2 aromatic rings. The summed E-state index contributed by atoms with van der Waals surface area (Å²) in [4.78, 5) is 23.0. The van der Waals surface area contributed by atoms with Crippen molar-refractivity contribution in [3.63, 3.8) is 0 Å². The molecule has 0 fully saturated rings. The van der Waals surface area contributed by atoms with Gasteiger partial charge in [-0.25, -0.2) is 8.42 Å². The largest absolute Gasteiger partial charge is 0.460 e. The predicted molar refractivity (Wildman–Crippen MR) is 95.0 cm³/mol. The Bertz CT molecular complexity index is 926. The summed E-state index contributed by atoms with van der Waals surface area (Å²) >= 11 is 0. The molecule has 0 aliphatic heterocycles. The van der Waals surface area contributed by atoms with Gasteiger partial charge < -0.3 is 10.5 Å². The van der Waals surface area contributed by atoms with E-state index in [1.54, 1.807) is 45.0 Å². The van der Waals surface area contributed by atoms with E-state index in [1.165, 1.54) is 12.1 Å². The standard InChI is InChI=1S/C18H21NO5S/c1-18(2,3)24-16(20)8-9-25(22,23)15-7-6-12-10-14(17(19)21)5-4-13(12)11-15/h4-7,10-11H,8-9H2,1-3H3,(H2,19,21). The Hall–Kier alpha value is -2.41. The summed E-state index contributed by atoms with van der Waals surface area (Å²) in [7, 11) is -3.62. The van der Waals surface area contributed by atoms with Crippen LogP contribution in [0.5, 0.6) is 0 Å². The Balaban J connectivity index is 2.20. The van der Waals surface area contributed by atoms with Gasteiger partial charge in [0.05, 0.1) is 17.1 Å². The first-order valence-corrected chi connectivity index (χ1v) is 9.41. The van der Waals surface area contributed by atoms with Crippen LogP contribution in [0.3, 0.4) is 0 Å². The lowest BCUT2D eigenvalue weighted by atomic mass is 10.1. The van der Waals surface area contributed by atoms with Crippen molar-refractivity contribution in [1.82, 2.24) is 0 Å². The molecule has 2 N–H and O–H groups in total. The third-order valence-electron chi connectivity index (χ3n) is 3.45. The molecule has 0 aliphatic rings. The molecule has 0 saturated heterocycles. The summed E-state index contributed by atoms with van der Waals surface area (Å²) in [6.45, 7) is 5.18. The lowest BCUT2D eigenvalue weighted by Crippen LogP contribution is -2.25. The van der Waals surface area contributed by atoms with E-state index in [9.17, 15) is 18.0 Å². The summed E-state index contributed by atoms with van der Waals surface area (Å²) in [5.41, 5.74) is 4.94. The number of esters is 1. The number of hydrogen-bond donors (Lipinski definition) is 1. The van der Waals surface area contributed by atoms with Crippen molar-refractivity contribution in [3.05, 3.63) is 42.0 Å². The van der Waals surface area contributed by atoms with Gasteiger partial charge in [-0.2, -0.15) is 0 Å².